The second kappa shape index (κ2) is 2.44. The third kappa shape index (κ3) is 0.963. The molecule has 0 saturated carbocycles. The summed E-state index contributed by atoms with van der Waals surface area (Å²) >= 11 is 0. The maximum absolute atomic E-state index is 11.5. The summed E-state index contributed by atoms with van der Waals surface area (Å²) in [7, 11) is 0. The predicted octanol–water partition coefficient (Wildman–Crippen LogP) is 2.30. The number of benzene rings is 1. The summed E-state index contributed by atoms with van der Waals surface area (Å²) in [5.74, 6) is 0.352. The fourth-order valence-corrected chi connectivity index (χ4v) is 2.52. The Kier molecular flexibility index (Phi) is 1.37. The highest BCUT2D eigenvalue weighted by Gasteiger charge is 2.22. The van der Waals surface area contributed by atoms with Gasteiger partial charge in [0.1, 0.15) is 0 Å². The molecule has 66 valence electrons. The molecular formula is C12H12O. The van der Waals surface area contributed by atoms with Crippen molar-refractivity contribution in [2.45, 2.75) is 32.1 Å². The second-order valence-corrected chi connectivity index (χ2v) is 4.05. The van der Waals surface area contributed by atoms with E-state index in [-0.39, 0.29) is 0 Å². The first kappa shape index (κ1) is 7.31. The highest BCUT2D eigenvalue weighted by Crippen LogP contribution is 2.30. The van der Waals surface area contributed by atoms with Gasteiger partial charge in [-0.15, -0.1) is 0 Å². The van der Waals surface area contributed by atoms with E-state index in [0.717, 1.165) is 18.4 Å². The third-order valence-corrected chi connectivity index (χ3v) is 3.24. The lowest BCUT2D eigenvalue weighted by Crippen LogP contribution is -1.93. The normalized spacial score (nSPS) is 18.9. The van der Waals surface area contributed by atoms with Crippen LogP contribution in [0.2, 0.25) is 0 Å². The number of ketones is 1. The quantitative estimate of drug-likeness (QED) is 0.587. The minimum atomic E-state index is 0.352. The molecule has 0 fully saturated rings. The summed E-state index contributed by atoms with van der Waals surface area (Å²) in [6.07, 6.45) is 5.37. The highest BCUT2D eigenvalue weighted by molar-refractivity contribution is 6.00. The van der Waals surface area contributed by atoms with Crippen LogP contribution < -0.4 is 0 Å². The lowest BCUT2D eigenvalue weighted by molar-refractivity contribution is 0.0994. The van der Waals surface area contributed by atoms with E-state index in [2.05, 4.69) is 12.1 Å². The molecule has 3 rings (SSSR count). The van der Waals surface area contributed by atoms with E-state index in [4.69, 9.17) is 0 Å². The molecule has 1 aromatic rings. The summed E-state index contributed by atoms with van der Waals surface area (Å²) < 4.78 is 0. The van der Waals surface area contributed by atoms with Gasteiger partial charge in [0.05, 0.1) is 0 Å². The van der Waals surface area contributed by atoms with Crippen molar-refractivity contribution in [2.75, 3.05) is 0 Å². The van der Waals surface area contributed by atoms with E-state index in [1.165, 1.54) is 36.0 Å². The standard InChI is InChI=1S/C12H12O/c13-12-5-4-10-6-8-2-1-3-9(8)7-11(10)12/h6-7H,1-5H2. The van der Waals surface area contributed by atoms with Crippen LogP contribution in [-0.2, 0) is 19.3 Å². The molecule has 0 aliphatic heterocycles. The Morgan fingerprint density at radius 2 is 1.62 bits per heavy atom. The van der Waals surface area contributed by atoms with Gasteiger partial charge in [-0.3, -0.25) is 4.79 Å². The van der Waals surface area contributed by atoms with Crippen LogP contribution in [0.25, 0.3) is 0 Å². The molecule has 0 saturated heterocycles. The van der Waals surface area contributed by atoms with Gasteiger partial charge >= 0.3 is 0 Å². The molecule has 0 amide bonds. The molecular weight excluding hydrogens is 160 g/mol. The van der Waals surface area contributed by atoms with Gasteiger partial charge in [-0.05, 0) is 48.4 Å². The van der Waals surface area contributed by atoms with E-state index in [0.29, 0.717) is 5.78 Å². The van der Waals surface area contributed by atoms with Crippen LogP contribution in [0.3, 0.4) is 0 Å². The molecule has 0 radical (unpaired) electrons. The Morgan fingerprint density at radius 3 is 2.46 bits per heavy atom. The average Bonchev–Trinajstić information content (AvgIpc) is 2.70. The van der Waals surface area contributed by atoms with Gasteiger partial charge in [0.15, 0.2) is 5.78 Å². The van der Waals surface area contributed by atoms with E-state index < -0.39 is 0 Å². The van der Waals surface area contributed by atoms with Crippen LogP contribution in [0.15, 0.2) is 12.1 Å². The Bertz CT molecular complexity index is 390. The molecule has 0 unspecified atom stereocenters. The Hall–Kier alpha value is -1.11. The fraction of sp³-hybridized carbons (Fsp3) is 0.417. The van der Waals surface area contributed by atoms with Crippen molar-refractivity contribution in [1.29, 1.82) is 0 Å². The number of fused-ring (bicyclic) bond motifs is 2. The van der Waals surface area contributed by atoms with Gasteiger partial charge in [-0.2, -0.15) is 0 Å². The second-order valence-electron chi connectivity index (χ2n) is 4.05. The number of hydrogen-bond donors (Lipinski definition) is 0. The predicted molar refractivity (Wildman–Crippen MR) is 51.1 cm³/mol. The Balaban J connectivity index is 2.22. The first-order chi connectivity index (χ1) is 6.34. The molecule has 13 heavy (non-hydrogen) atoms. The van der Waals surface area contributed by atoms with Gasteiger partial charge in [0.2, 0.25) is 0 Å². The molecule has 1 nitrogen and oxygen atoms in total. The molecule has 1 heteroatoms. The maximum Gasteiger partial charge on any atom is 0.163 e. The van der Waals surface area contributed by atoms with Crippen molar-refractivity contribution in [3.05, 3.63) is 34.4 Å². The zero-order valence-corrected chi connectivity index (χ0v) is 7.60. The summed E-state index contributed by atoms with van der Waals surface area (Å²) in [6.45, 7) is 0. The van der Waals surface area contributed by atoms with Crippen molar-refractivity contribution < 1.29 is 4.79 Å². The SMILES string of the molecule is O=C1CCc2cc3c(cc21)CCC3. The lowest BCUT2D eigenvalue weighted by atomic mass is 10.0. The Morgan fingerprint density at radius 1 is 0.846 bits per heavy atom. The van der Waals surface area contributed by atoms with E-state index in [1.807, 2.05) is 0 Å². The summed E-state index contributed by atoms with van der Waals surface area (Å²) in [4.78, 5) is 11.5. The van der Waals surface area contributed by atoms with Gasteiger partial charge in [0.25, 0.3) is 0 Å². The number of carbonyl (C=O) groups is 1. The number of hydrogen-bond acceptors (Lipinski definition) is 1. The smallest absolute Gasteiger partial charge is 0.163 e. The monoisotopic (exact) mass is 172 g/mol. The summed E-state index contributed by atoms with van der Waals surface area (Å²) in [6, 6.07) is 4.41. The van der Waals surface area contributed by atoms with E-state index in [1.54, 1.807) is 0 Å². The van der Waals surface area contributed by atoms with Gasteiger partial charge < -0.3 is 0 Å². The molecule has 0 bridgehead atoms. The zero-order chi connectivity index (χ0) is 8.84. The third-order valence-electron chi connectivity index (χ3n) is 3.24. The Labute approximate surface area is 77.8 Å². The summed E-state index contributed by atoms with van der Waals surface area (Å²) in [5, 5.41) is 0. The van der Waals surface area contributed by atoms with Crippen molar-refractivity contribution in [3.63, 3.8) is 0 Å². The number of Topliss-reactive ketones (excluding diaryl/α,β-unsaturated/α-hetero) is 1. The van der Waals surface area contributed by atoms with Crippen LogP contribution in [0, 0.1) is 0 Å². The molecule has 2 aliphatic carbocycles. The molecule has 0 atom stereocenters. The average molecular weight is 172 g/mol. The lowest BCUT2D eigenvalue weighted by Gasteiger charge is -2.02. The molecule has 0 heterocycles. The fourth-order valence-electron chi connectivity index (χ4n) is 2.52. The van der Waals surface area contributed by atoms with Gasteiger partial charge in [-0.25, -0.2) is 0 Å². The topological polar surface area (TPSA) is 17.1 Å². The van der Waals surface area contributed by atoms with Gasteiger partial charge in [0, 0.05) is 12.0 Å². The number of rotatable bonds is 0. The number of aryl methyl sites for hydroxylation is 3. The van der Waals surface area contributed by atoms with Crippen LogP contribution in [-0.4, -0.2) is 5.78 Å². The first-order valence-corrected chi connectivity index (χ1v) is 5.02. The van der Waals surface area contributed by atoms with Crippen LogP contribution in [0.1, 0.15) is 39.9 Å². The van der Waals surface area contributed by atoms with E-state index >= 15 is 0 Å². The van der Waals surface area contributed by atoms with Crippen molar-refractivity contribution in [1.82, 2.24) is 0 Å². The minimum Gasteiger partial charge on any atom is -0.294 e. The maximum atomic E-state index is 11.5. The molecule has 0 N–H and O–H groups in total. The molecule has 0 spiro atoms. The van der Waals surface area contributed by atoms with Gasteiger partial charge in [-0.1, -0.05) is 6.07 Å². The number of carbonyl (C=O) groups excluding carboxylic acids is 1. The van der Waals surface area contributed by atoms with Crippen molar-refractivity contribution in [2.24, 2.45) is 0 Å². The molecule has 2 aliphatic rings. The van der Waals surface area contributed by atoms with Crippen LogP contribution in [0.4, 0.5) is 0 Å². The largest absolute Gasteiger partial charge is 0.294 e. The first-order valence-electron chi connectivity index (χ1n) is 5.02. The van der Waals surface area contributed by atoms with E-state index in [9.17, 15) is 4.79 Å². The minimum absolute atomic E-state index is 0.352. The van der Waals surface area contributed by atoms with Crippen LogP contribution in [0.5, 0.6) is 0 Å². The molecule has 0 aromatic heterocycles. The molecule has 1 aromatic carbocycles. The highest BCUT2D eigenvalue weighted by atomic mass is 16.1. The van der Waals surface area contributed by atoms with Crippen molar-refractivity contribution >= 4 is 5.78 Å². The zero-order valence-electron chi connectivity index (χ0n) is 7.60. The van der Waals surface area contributed by atoms with Crippen LogP contribution >= 0.6 is 0 Å². The summed E-state index contributed by atoms with van der Waals surface area (Å²) in [5.41, 5.74) is 5.23. The van der Waals surface area contributed by atoms with Crippen molar-refractivity contribution in [3.8, 4) is 0 Å².